The Labute approximate surface area is 234 Å². The Morgan fingerprint density at radius 2 is 1.82 bits per heavy atom. The summed E-state index contributed by atoms with van der Waals surface area (Å²) in [7, 11) is 1.72. The SMILES string of the molecule is Cc1ccc(F)c(-c2ccc(COc3ccc4c(c3)[C@]3(C[C@@H]3C(=O)O)CN(C)C4=O)cc2C2=CCCC2(C)C)c1. The van der Waals surface area contributed by atoms with Crippen LogP contribution in [-0.2, 0) is 16.8 Å². The van der Waals surface area contributed by atoms with Gasteiger partial charge in [-0.15, -0.1) is 0 Å². The molecule has 2 aliphatic carbocycles. The van der Waals surface area contributed by atoms with Crippen molar-refractivity contribution in [1.29, 1.82) is 0 Å². The summed E-state index contributed by atoms with van der Waals surface area (Å²) in [5, 5.41) is 9.70. The van der Waals surface area contributed by atoms with Crippen LogP contribution in [0.4, 0.5) is 4.39 Å². The number of hydrogen-bond donors (Lipinski definition) is 1. The zero-order chi connectivity index (χ0) is 28.4. The minimum atomic E-state index is -0.832. The monoisotopic (exact) mass is 539 g/mol. The van der Waals surface area contributed by atoms with E-state index in [1.165, 1.54) is 11.6 Å². The number of rotatable bonds is 6. The highest BCUT2D eigenvalue weighted by Crippen LogP contribution is 2.58. The number of carbonyl (C=O) groups excluding carboxylic acids is 1. The van der Waals surface area contributed by atoms with Gasteiger partial charge in [0.25, 0.3) is 5.91 Å². The van der Waals surface area contributed by atoms with Crippen molar-refractivity contribution in [3.8, 4) is 16.9 Å². The van der Waals surface area contributed by atoms with Gasteiger partial charge in [-0.1, -0.05) is 43.7 Å². The first kappa shape index (κ1) is 26.3. The number of halogens is 1. The Morgan fingerprint density at radius 1 is 1.05 bits per heavy atom. The van der Waals surface area contributed by atoms with E-state index in [-0.39, 0.29) is 17.1 Å². The maximum atomic E-state index is 15.0. The highest BCUT2D eigenvalue weighted by molar-refractivity contribution is 5.99. The lowest BCUT2D eigenvalue weighted by Crippen LogP contribution is -2.42. The van der Waals surface area contributed by atoms with Gasteiger partial charge in [0.15, 0.2) is 0 Å². The van der Waals surface area contributed by atoms with Crippen LogP contribution in [0.3, 0.4) is 0 Å². The third-order valence-electron chi connectivity index (χ3n) is 9.04. The first-order valence-electron chi connectivity index (χ1n) is 13.9. The molecule has 206 valence electrons. The van der Waals surface area contributed by atoms with Crippen molar-refractivity contribution in [1.82, 2.24) is 4.90 Å². The van der Waals surface area contributed by atoms with Crippen molar-refractivity contribution >= 4 is 17.4 Å². The molecule has 1 spiro atoms. The van der Waals surface area contributed by atoms with Crippen LogP contribution in [-0.4, -0.2) is 35.5 Å². The van der Waals surface area contributed by atoms with Gasteiger partial charge in [0.05, 0.1) is 5.92 Å². The summed E-state index contributed by atoms with van der Waals surface area (Å²) in [4.78, 5) is 26.3. The Morgan fingerprint density at radius 3 is 2.52 bits per heavy atom. The molecule has 6 rings (SSSR count). The standard InChI is InChI=1S/C34H34FNO4/c1-20-7-12-30(35)26(14-20)23-10-8-21(15-25(23)27-6-5-13-33(27,2)3)18-40-22-9-11-24-28(16-22)34(17-29(34)32(38)39)19-36(4)31(24)37/h6-12,14-16,29H,5,13,17-19H2,1-4H3,(H,38,39)/t29-,34+/m1/s1. The van der Waals surface area contributed by atoms with Gasteiger partial charge in [-0.2, -0.15) is 0 Å². The van der Waals surface area contributed by atoms with E-state index in [0.717, 1.165) is 40.7 Å². The predicted molar refractivity (Wildman–Crippen MR) is 153 cm³/mol. The summed E-state index contributed by atoms with van der Waals surface area (Å²) in [6.07, 6.45) is 4.81. The van der Waals surface area contributed by atoms with Gasteiger partial charge in [-0.25, -0.2) is 4.39 Å². The quantitative estimate of drug-likeness (QED) is 0.366. The molecule has 1 heterocycles. The molecule has 3 aromatic rings. The number of amides is 1. The van der Waals surface area contributed by atoms with Gasteiger partial charge >= 0.3 is 5.97 Å². The predicted octanol–water partition coefficient (Wildman–Crippen LogP) is 7.01. The lowest BCUT2D eigenvalue weighted by Gasteiger charge is -2.33. The average molecular weight is 540 g/mol. The van der Waals surface area contributed by atoms with Gasteiger partial charge in [-0.3, -0.25) is 9.59 Å². The Bertz CT molecular complexity index is 1590. The number of likely N-dealkylation sites (N-methyl/N-ethyl adjacent to an activating group) is 1. The van der Waals surface area contributed by atoms with Crippen LogP contribution in [0.25, 0.3) is 16.7 Å². The molecule has 3 aromatic carbocycles. The van der Waals surface area contributed by atoms with Crippen molar-refractivity contribution in [2.45, 2.75) is 52.1 Å². The smallest absolute Gasteiger partial charge is 0.307 e. The average Bonchev–Trinajstić information content (AvgIpc) is 3.53. The molecule has 1 N–H and O–H groups in total. The molecule has 1 saturated carbocycles. The van der Waals surface area contributed by atoms with Crippen molar-refractivity contribution in [2.75, 3.05) is 13.6 Å². The molecular weight excluding hydrogens is 505 g/mol. The number of benzene rings is 3. The molecule has 40 heavy (non-hydrogen) atoms. The Balaban J connectivity index is 1.33. The molecule has 1 aliphatic heterocycles. The number of carbonyl (C=O) groups is 2. The second-order valence-corrected chi connectivity index (χ2v) is 12.3. The molecular formula is C34H34FNO4. The number of allylic oxidation sites excluding steroid dienone is 2. The molecule has 5 nitrogen and oxygen atoms in total. The van der Waals surface area contributed by atoms with E-state index >= 15 is 4.39 Å². The van der Waals surface area contributed by atoms with Crippen LogP contribution >= 0.6 is 0 Å². The van der Waals surface area contributed by atoms with E-state index in [0.29, 0.717) is 36.4 Å². The first-order valence-corrected chi connectivity index (χ1v) is 13.9. The fourth-order valence-electron chi connectivity index (χ4n) is 6.71. The summed E-state index contributed by atoms with van der Waals surface area (Å²) in [5.74, 6) is -1.07. The third-order valence-corrected chi connectivity index (χ3v) is 9.04. The zero-order valence-corrected chi connectivity index (χ0v) is 23.4. The largest absolute Gasteiger partial charge is 0.489 e. The number of hydrogen-bond acceptors (Lipinski definition) is 3. The van der Waals surface area contributed by atoms with Crippen LogP contribution in [0.2, 0.25) is 0 Å². The lowest BCUT2D eigenvalue weighted by molar-refractivity contribution is -0.139. The van der Waals surface area contributed by atoms with E-state index in [4.69, 9.17) is 4.74 Å². The van der Waals surface area contributed by atoms with Crippen LogP contribution in [0.1, 0.15) is 65.7 Å². The summed E-state index contributed by atoms with van der Waals surface area (Å²) in [6, 6.07) is 16.7. The zero-order valence-electron chi connectivity index (χ0n) is 23.4. The summed E-state index contributed by atoms with van der Waals surface area (Å²) in [5.41, 5.74) is 6.40. The van der Waals surface area contributed by atoms with Crippen molar-refractivity contribution in [2.24, 2.45) is 11.3 Å². The second kappa shape index (κ2) is 9.33. The molecule has 0 bridgehead atoms. The minimum absolute atomic E-state index is 0.0218. The molecule has 0 radical (unpaired) electrons. The molecule has 2 atom stereocenters. The van der Waals surface area contributed by atoms with Crippen LogP contribution in [0.15, 0.2) is 60.7 Å². The molecule has 1 fully saturated rings. The van der Waals surface area contributed by atoms with E-state index < -0.39 is 17.3 Å². The van der Waals surface area contributed by atoms with Gasteiger partial charge in [0.2, 0.25) is 0 Å². The molecule has 0 aromatic heterocycles. The van der Waals surface area contributed by atoms with Crippen molar-refractivity contribution in [3.63, 3.8) is 0 Å². The third kappa shape index (κ3) is 4.30. The number of carboxylic acid groups (broad SMARTS) is 1. The van der Waals surface area contributed by atoms with Crippen molar-refractivity contribution < 1.29 is 23.8 Å². The maximum Gasteiger partial charge on any atom is 0.307 e. The summed E-state index contributed by atoms with van der Waals surface area (Å²) < 4.78 is 21.2. The number of fused-ring (bicyclic) bond motifs is 2. The van der Waals surface area contributed by atoms with Crippen LogP contribution in [0, 0.1) is 24.1 Å². The van der Waals surface area contributed by atoms with Gasteiger partial charge in [0, 0.05) is 30.1 Å². The normalized spacial score (nSPS) is 22.7. The molecule has 3 aliphatic rings. The highest BCUT2D eigenvalue weighted by atomic mass is 19.1. The van der Waals surface area contributed by atoms with Crippen LogP contribution in [0.5, 0.6) is 5.75 Å². The first-order chi connectivity index (χ1) is 19.0. The topological polar surface area (TPSA) is 66.8 Å². The van der Waals surface area contributed by atoms with Crippen LogP contribution < -0.4 is 4.74 Å². The lowest BCUT2D eigenvalue weighted by atomic mass is 9.79. The van der Waals surface area contributed by atoms with E-state index in [1.54, 1.807) is 30.1 Å². The summed E-state index contributed by atoms with van der Waals surface area (Å²) >= 11 is 0. The summed E-state index contributed by atoms with van der Waals surface area (Å²) in [6.45, 7) is 7.12. The number of nitrogens with zero attached hydrogens (tertiary/aromatic N) is 1. The number of ether oxygens (including phenoxy) is 1. The van der Waals surface area contributed by atoms with E-state index in [1.807, 2.05) is 31.2 Å². The molecule has 1 amide bonds. The maximum absolute atomic E-state index is 15.0. The fraction of sp³-hybridized carbons (Fsp3) is 0.353. The molecule has 0 saturated heterocycles. The number of aliphatic carboxylic acids is 1. The Kier molecular flexibility index (Phi) is 6.13. The number of carboxylic acids is 1. The molecule has 6 heteroatoms. The number of aryl methyl sites for hydroxylation is 1. The van der Waals surface area contributed by atoms with Gasteiger partial charge < -0.3 is 14.7 Å². The van der Waals surface area contributed by atoms with E-state index in [2.05, 4.69) is 26.0 Å². The minimum Gasteiger partial charge on any atom is -0.489 e. The van der Waals surface area contributed by atoms with E-state index in [9.17, 15) is 14.7 Å². The molecule has 0 unspecified atom stereocenters. The van der Waals surface area contributed by atoms with Gasteiger partial charge in [-0.05, 0) is 95.8 Å². The van der Waals surface area contributed by atoms with Crippen molar-refractivity contribution in [3.05, 3.63) is 94.3 Å². The highest BCUT2D eigenvalue weighted by Gasteiger charge is 2.63. The fourth-order valence-corrected chi connectivity index (χ4v) is 6.71. The Hall–Kier alpha value is -3.93. The van der Waals surface area contributed by atoms with Gasteiger partial charge in [0.1, 0.15) is 18.2 Å². The second-order valence-electron chi connectivity index (χ2n) is 12.3.